The smallest absolute Gasteiger partial charge is 0.188 e. The number of pyridine rings is 1. The van der Waals surface area contributed by atoms with E-state index in [1.165, 1.54) is 5.57 Å². The summed E-state index contributed by atoms with van der Waals surface area (Å²) in [6.07, 6.45) is 15.2. The highest BCUT2D eigenvalue weighted by Gasteiger charge is 2.20. The summed E-state index contributed by atoms with van der Waals surface area (Å²) in [5.41, 5.74) is 2.02. The van der Waals surface area contributed by atoms with Crippen LogP contribution in [0.2, 0.25) is 0 Å². The molecule has 0 saturated heterocycles. The van der Waals surface area contributed by atoms with Crippen molar-refractivity contribution in [3.05, 3.63) is 96.0 Å². The van der Waals surface area contributed by atoms with Crippen LogP contribution in [0.15, 0.2) is 90.3 Å². The van der Waals surface area contributed by atoms with E-state index in [0.29, 0.717) is 18.3 Å². The molecule has 2 atom stereocenters. The van der Waals surface area contributed by atoms with Gasteiger partial charge in [-0.15, -0.1) is 0 Å². The Balaban J connectivity index is 2.07. The van der Waals surface area contributed by atoms with Gasteiger partial charge < -0.3 is 18.9 Å². The van der Waals surface area contributed by atoms with Gasteiger partial charge in [0.1, 0.15) is 29.6 Å². The average Bonchev–Trinajstić information content (AvgIpc) is 2.85. The first-order valence-corrected chi connectivity index (χ1v) is 11.5. The van der Waals surface area contributed by atoms with Crippen molar-refractivity contribution in [1.29, 1.82) is 0 Å². The second-order valence-electron chi connectivity index (χ2n) is 7.94. The summed E-state index contributed by atoms with van der Waals surface area (Å²) in [5.74, 6) is 3.88. The molecule has 1 aromatic rings. The molecule has 1 aliphatic carbocycles. The number of allylic oxidation sites excluding steroid dienone is 8. The minimum absolute atomic E-state index is 0.192. The van der Waals surface area contributed by atoms with E-state index in [0.717, 1.165) is 35.8 Å². The van der Waals surface area contributed by atoms with Gasteiger partial charge in [0.25, 0.3) is 0 Å². The third-order valence-corrected chi connectivity index (χ3v) is 5.51. The van der Waals surface area contributed by atoms with Gasteiger partial charge in [-0.1, -0.05) is 39.5 Å². The lowest BCUT2D eigenvalue weighted by Crippen LogP contribution is -2.12. The SMILES string of the molecule is C=C/C(=C\C=C(\COC1=CC=C(O/C(=C\C)c2ccccn2)C(C)C1)C(C)CC)OCOC. The van der Waals surface area contributed by atoms with Gasteiger partial charge >= 0.3 is 0 Å². The second-order valence-corrected chi connectivity index (χ2v) is 7.94. The number of hydrogen-bond donors (Lipinski definition) is 0. The van der Waals surface area contributed by atoms with E-state index in [-0.39, 0.29) is 12.7 Å². The van der Waals surface area contributed by atoms with E-state index >= 15 is 0 Å². The second kappa shape index (κ2) is 14.2. The van der Waals surface area contributed by atoms with Gasteiger partial charge in [-0.2, -0.15) is 0 Å². The summed E-state index contributed by atoms with van der Waals surface area (Å²) in [5, 5.41) is 0. The summed E-state index contributed by atoms with van der Waals surface area (Å²) in [7, 11) is 1.59. The molecule has 0 radical (unpaired) electrons. The van der Waals surface area contributed by atoms with Gasteiger partial charge in [0, 0.05) is 25.6 Å². The molecular formula is C28H37NO4. The standard InChI is InChI=1S/C28H37NO4/c1-7-21(4)23(13-14-24(8-2)32-20-30-6)19-31-25-15-16-28(22(5)18-25)33-27(9-3)26-12-10-11-17-29-26/h8-17,21-22H,2,7,18-20H2,1,3-6H3/b23-13-,24-14+,27-9-. The lowest BCUT2D eigenvalue weighted by Gasteiger charge is -2.24. The van der Waals surface area contributed by atoms with Crippen molar-refractivity contribution in [3.63, 3.8) is 0 Å². The Morgan fingerprint density at radius 1 is 1.27 bits per heavy atom. The summed E-state index contributed by atoms with van der Waals surface area (Å²) in [4.78, 5) is 4.39. The number of ether oxygens (including phenoxy) is 4. The fraction of sp³-hybridized carbons (Fsp3) is 0.393. The molecule has 178 valence electrons. The minimum atomic E-state index is 0.192. The van der Waals surface area contributed by atoms with E-state index in [4.69, 9.17) is 18.9 Å². The van der Waals surface area contributed by atoms with Gasteiger partial charge in [0.2, 0.25) is 0 Å². The first-order chi connectivity index (χ1) is 16.0. The van der Waals surface area contributed by atoms with Gasteiger partial charge in [-0.25, -0.2) is 0 Å². The molecule has 2 rings (SSSR count). The molecule has 5 heteroatoms. The summed E-state index contributed by atoms with van der Waals surface area (Å²) in [6.45, 7) is 13.0. The lowest BCUT2D eigenvalue weighted by molar-refractivity contribution is 0.0101. The van der Waals surface area contributed by atoms with Crippen LogP contribution in [0, 0.1) is 11.8 Å². The molecule has 5 nitrogen and oxygen atoms in total. The van der Waals surface area contributed by atoms with Crippen molar-refractivity contribution >= 4 is 5.76 Å². The van der Waals surface area contributed by atoms with Crippen LogP contribution in [0.4, 0.5) is 0 Å². The number of aromatic nitrogens is 1. The lowest BCUT2D eigenvalue weighted by atomic mass is 9.97. The zero-order valence-corrected chi connectivity index (χ0v) is 20.5. The molecule has 0 spiro atoms. The molecule has 0 aliphatic heterocycles. The predicted molar refractivity (Wildman–Crippen MR) is 134 cm³/mol. The van der Waals surface area contributed by atoms with E-state index in [1.54, 1.807) is 19.4 Å². The average molecular weight is 452 g/mol. The normalized spacial score (nSPS) is 18.2. The molecule has 33 heavy (non-hydrogen) atoms. The van der Waals surface area contributed by atoms with Gasteiger partial charge in [-0.3, -0.25) is 4.98 Å². The largest absolute Gasteiger partial charge is 0.494 e. The minimum Gasteiger partial charge on any atom is -0.494 e. The van der Waals surface area contributed by atoms with E-state index in [2.05, 4.69) is 38.4 Å². The van der Waals surface area contributed by atoms with Gasteiger partial charge in [-0.05, 0) is 67.3 Å². The molecular weight excluding hydrogens is 414 g/mol. The van der Waals surface area contributed by atoms with Crippen molar-refractivity contribution in [3.8, 4) is 0 Å². The number of hydrogen-bond acceptors (Lipinski definition) is 5. The molecule has 0 amide bonds. The third-order valence-electron chi connectivity index (χ3n) is 5.51. The van der Waals surface area contributed by atoms with Crippen LogP contribution in [0.3, 0.4) is 0 Å². The number of nitrogens with zero attached hydrogens (tertiary/aromatic N) is 1. The van der Waals surface area contributed by atoms with Crippen LogP contribution in [0.25, 0.3) is 5.76 Å². The van der Waals surface area contributed by atoms with E-state index in [9.17, 15) is 0 Å². The van der Waals surface area contributed by atoms with Crippen LogP contribution in [-0.2, 0) is 18.9 Å². The quantitative estimate of drug-likeness (QED) is 0.185. The maximum Gasteiger partial charge on any atom is 0.188 e. The Morgan fingerprint density at radius 2 is 2.09 bits per heavy atom. The summed E-state index contributed by atoms with van der Waals surface area (Å²) >= 11 is 0. The van der Waals surface area contributed by atoms with E-state index < -0.39 is 0 Å². The molecule has 0 N–H and O–H groups in total. The van der Waals surface area contributed by atoms with Crippen molar-refractivity contribution in [2.24, 2.45) is 11.8 Å². The first-order valence-electron chi connectivity index (χ1n) is 11.5. The highest BCUT2D eigenvalue weighted by atomic mass is 16.7. The Kier molecular flexibility index (Phi) is 11.3. The van der Waals surface area contributed by atoms with Crippen LogP contribution < -0.4 is 0 Å². The maximum absolute atomic E-state index is 6.19. The summed E-state index contributed by atoms with van der Waals surface area (Å²) < 4.78 is 22.8. The first kappa shape index (κ1) is 26.2. The maximum atomic E-state index is 6.19. The molecule has 0 saturated carbocycles. The fourth-order valence-electron chi connectivity index (χ4n) is 3.23. The van der Waals surface area contributed by atoms with Crippen molar-refractivity contribution in [1.82, 2.24) is 4.98 Å². The molecule has 1 aliphatic rings. The van der Waals surface area contributed by atoms with Gasteiger partial charge in [0.05, 0.1) is 5.76 Å². The Labute approximate surface area is 198 Å². The zero-order chi connectivity index (χ0) is 24.1. The van der Waals surface area contributed by atoms with Crippen molar-refractivity contribution < 1.29 is 18.9 Å². The number of rotatable bonds is 13. The van der Waals surface area contributed by atoms with Crippen molar-refractivity contribution in [2.75, 3.05) is 20.5 Å². The molecule has 1 heterocycles. The fourth-order valence-corrected chi connectivity index (χ4v) is 3.23. The molecule has 1 aromatic heterocycles. The molecule has 2 unspecified atom stereocenters. The van der Waals surface area contributed by atoms with Crippen molar-refractivity contribution in [2.45, 2.75) is 40.5 Å². The highest BCUT2D eigenvalue weighted by Crippen LogP contribution is 2.30. The van der Waals surface area contributed by atoms with Crippen LogP contribution in [-0.4, -0.2) is 25.5 Å². The number of methoxy groups -OCH3 is 1. The van der Waals surface area contributed by atoms with Crippen LogP contribution >= 0.6 is 0 Å². The topological polar surface area (TPSA) is 49.8 Å². The van der Waals surface area contributed by atoms with Gasteiger partial charge in [0.15, 0.2) is 6.79 Å². The molecule has 0 fully saturated rings. The molecule has 0 bridgehead atoms. The monoisotopic (exact) mass is 451 g/mol. The summed E-state index contributed by atoms with van der Waals surface area (Å²) in [6, 6.07) is 5.80. The van der Waals surface area contributed by atoms with Crippen LogP contribution in [0.5, 0.6) is 0 Å². The highest BCUT2D eigenvalue weighted by molar-refractivity contribution is 5.56. The Hall–Kier alpha value is -3.05. The third kappa shape index (κ3) is 8.43. The predicted octanol–water partition coefficient (Wildman–Crippen LogP) is 6.95. The van der Waals surface area contributed by atoms with E-state index in [1.807, 2.05) is 49.4 Å². The molecule has 0 aromatic carbocycles. The zero-order valence-electron chi connectivity index (χ0n) is 20.5. The Morgan fingerprint density at radius 3 is 2.70 bits per heavy atom. The van der Waals surface area contributed by atoms with Crippen LogP contribution in [0.1, 0.15) is 46.2 Å². The Bertz CT molecular complexity index is 909.